The third-order valence-corrected chi connectivity index (χ3v) is 5.32. The van der Waals surface area contributed by atoms with Gasteiger partial charge in [0.15, 0.2) is 5.78 Å². The van der Waals surface area contributed by atoms with Crippen molar-refractivity contribution in [2.75, 3.05) is 13.7 Å². The van der Waals surface area contributed by atoms with Crippen molar-refractivity contribution in [3.63, 3.8) is 0 Å². The van der Waals surface area contributed by atoms with Crippen LogP contribution in [0.25, 0.3) is 5.76 Å². The van der Waals surface area contributed by atoms with Crippen LogP contribution in [0.1, 0.15) is 37.5 Å². The Bertz CT molecular complexity index is 1050. The topological polar surface area (TPSA) is 79.1 Å². The van der Waals surface area contributed by atoms with Crippen LogP contribution in [0.15, 0.2) is 40.9 Å². The number of rotatable bonds is 9. The Kier molecular flexibility index (Phi) is 8.92. The van der Waals surface area contributed by atoms with Gasteiger partial charge in [-0.15, -0.1) is 0 Å². The zero-order chi connectivity index (χ0) is 24.0. The predicted molar refractivity (Wildman–Crippen MR) is 122 cm³/mol. The van der Waals surface area contributed by atoms with Gasteiger partial charge in [0.25, 0.3) is 0 Å². The highest BCUT2D eigenvalue weighted by atomic mass is 35.5. The molecule has 2 aromatic carbocycles. The van der Waals surface area contributed by atoms with E-state index < -0.39 is 29.2 Å². The van der Waals surface area contributed by atoms with E-state index in [1.165, 1.54) is 32.2 Å². The van der Waals surface area contributed by atoms with E-state index in [-0.39, 0.29) is 46.4 Å². The van der Waals surface area contributed by atoms with Gasteiger partial charge in [0.2, 0.25) is 0 Å². The van der Waals surface area contributed by atoms with E-state index in [0.29, 0.717) is 5.56 Å². The first kappa shape index (κ1) is 25.5. The Morgan fingerprint density at radius 3 is 2.50 bits per heavy atom. The molecule has 8 heteroatoms. The molecule has 0 amide bonds. The van der Waals surface area contributed by atoms with Crippen molar-refractivity contribution in [3.8, 4) is 5.75 Å². The molecule has 0 saturated carbocycles. The molecule has 0 bridgehead atoms. The number of ketones is 1. The number of nitrogens with zero attached hydrogens (tertiary/aromatic N) is 1. The number of allylic oxidation sites excluding steroid dienone is 1. The van der Waals surface area contributed by atoms with Crippen molar-refractivity contribution in [2.45, 2.75) is 33.2 Å². The summed E-state index contributed by atoms with van der Waals surface area (Å²) in [5.41, 5.74) is 0.165. The molecule has 0 unspecified atom stereocenters. The molecule has 0 fully saturated rings. The predicted octanol–water partition coefficient (Wildman–Crippen LogP) is 5.16. The van der Waals surface area contributed by atoms with E-state index in [2.05, 4.69) is 4.99 Å². The number of Topliss-reactive ketones (excluding diaryl/α,β-unsaturated/α-hetero) is 1. The molecule has 5 nitrogen and oxygen atoms in total. The van der Waals surface area contributed by atoms with Gasteiger partial charge in [-0.2, -0.15) is 0 Å². The second-order valence-electron chi connectivity index (χ2n) is 7.62. The Morgan fingerprint density at radius 2 is 1.94 bits per heavy atom. The highest BCUT2D eigenvalue weighted by Crippen LogP contribution is 2.31. The first-order valence-corrected chi connectivity index (χ1v) is 10.4. The largest absolute Gasteiger partial charge is 0.506 e. The van der Waals surface area contributed by atoms with Gasteiger partial charge >= 0.3 is 0 Å². The lowest BCUT2D eigenvalue weighted by atomic mass is 9.98. The summed E-state index contributed by atoms with van der Waals surface area (Å²) in [4.78, 5) is 16.3. The van der Waals surface area contributed by atoms with E-state index in [9.17, 15) is 23.8 Å². The molecule has 0 saturated heterocycles. The lowest BCUT2D eigenvalue weighted by molar-refractivity contribution is -0.113. The number of aliphatic hydroxyl groups excluding tert-OH is 2. The minimum atomic E-state index is -0.829. The summed E-state index contributed by atoms with van der Waals surface area (Å²) in [6, 6.07) is 6.41. The molecule has 2 N–H and O–H groups in total. The number of hydrogen-bond acceptors (Lipinski definition) is 5. The van der Waals surface area contributed by atoms with Crippen molar-refractivity contribution in [1.29, 1.82) is 0 Å². The van der Waals surface area contributed by atoms with Crippen LogP contribution in [0.5, 0.6) is 5.75 Å². The molecule has 0 spiro atoms. The summed E-state index contributed by atoms with van der Waals surface area (Å²) in [5, 5.41) is 20.1. The molecule has 0 radical (unpaired) electrons. The van der Waals surface area contributed by atoms with Crippen LogP contribution < -0.4 is 4.74 Å². The Balaban J connectivity index is 2.59. The van der Waals surface area contributed by atoms with Gasteiger partial charge in [0.1, 0.15) is 23.1 Å². The quantitative estimate of drug-likeness (QED) is 0.304. The van der Waals surface area contributed by atoms with Crippen LogP contribution in [0.3, 0.4) is 0 Å². The Morgan fingerprint density at radius 1 is 1.25 bits per heavy atom. The van der Waals surface area contributed by atoms with Crippen LogP contribution >= 0.6 is 11.6 Å². The Hall–Kier alpha value is -2.77. The molecule has 32 heavy (non-hydrogen) atoms. The van der Waals surface area contributed by atoms with Crippen LogP contribution in [0, 0.1) is 17.6 Å². The van der Waals surface area contributed by atoms with Crippen LogP contribution in [0.4, 0.5) is 8.78 Å². The maximum absolute atomic E-state index is 14.8. The molecule has 2 rings (SSSR count). The monoisotopic (exact) mass is 465 g/mol. The minimum absolute atomic E-state index is 0.0106. The number of halogens is 3. The molecule has 0 aliphatic rings. The van der Waals surface area contributed by atoms with Crippen molar-refractivity contribution < 1.29 is 28.5 Å². The van der Waals surface area contributed by atoms with Gasteiger partial charge < -0.3 is 14.9 Å². The third-order valence-electron chi connectivity index (χ3n) is 5.02. The van der Waals surface area contributed by atoms with Crippen LogP contribution in [-0.4, -0.2) is 42.0 Å². The second-order valence-corrected chi connectivity index (χ2v) is 8.03. The normalized spacial score (nSPS) is 13.4. The van der Waals surface area contributed by atoms with E-state index in [1.807, 2.05) is 13.8 Å². The first-order chi connectivity index (χ1) is 15.1. The fraction of sp³-hybridized carbons (Fsp3) is 0.333. The van der Waals surface area contributed by atoms with Gasteiger partial charge in [0, 0.05) is 18.7 Å². The number of aliphatic hydroxyl groups is 2. The number of methoxy groups -OCH3 is 1. The minimum Gasteiger partial charge on any atom is -0.506 e. The number of carbonyl (C=O) groups excluding carboxylic acids is 1. The fourth-order valence-electron chi connectivity index (χ4n) is 3.06. The van der Waals surface area contributed by atoms with Crippen molar-refractivity contribution in [1.82, 2.24) is 0 Å². The zero-order valence-electron chi connectivity index (χ0n) is 18.3. The van der Waals surface area contributed by atoms with Gasteiger partial charge in [-0.1, -0.05) is 37.6 Å². The molecule has 0 aromatic heterocycles. The number of benzene rings is 2. The van der Waals surface area contributed by atoms with Crippen molar-refractivity contribution in [2.24, 2.45) is 10.9 Å². The molecule has 0 aliphatic heterocycles. The lowest BCUT2D eigenvalue weighted by Gasteiger charge is -2.15. The second kappa shape index (κ2) is 11.2. The van der Waals surface area contributed by atoms with E-state index in [4.69, 9.17) is 16.3 Å². The SMILES string of the molecule is COc1cc(F)c(/C(O)=C(\C=N[C@H](CO)C(C)C)C(C)=O)cc1Cc1cccc(Cl)c1F. The number of ether oxygens (including phenoxy) is 1. The standard InChI is InChI=1S/C24H26ClF2NO4/c1-13(2)21(12-29)28-11-18(14(3)30)24(31)17-9-16(22(32-4)10-20(17)26)8-15-6-5-7-19(25)23(15)27/h5-7,9-11,13,21,29,31H,8,12H2,1-4H3/b24-18-,28-11?/t21-/m1/s1. The van der Waals surface area contributed by atoms with Crippen molar-refractivity contribution >= 4 is 29.4 Å². The maximum Gasteiger partial charge on any atom is 0.165 e. The molecule has 0 aliphatic carbocycles. The number of hydrogen-bond donors (Lipinski definition) is 2. The molecule has 0 heterocycles. The van der Waals surface area contributed by atoms with E-state index in [1.54, 1.807) is 6.07 Å². The first-order valence-electron chi connectivity index (χ1n) is 9.98. The zero-order valence-corrected chi connectivity index (χ0v) is 19.1. The number of carbonyl (C=O) groups is 1. The molecular weight excluding hydrogens is 440 g/mol. The number of aliphatic imine (C=N–C) groups is 1. The van der Waals surface area contributed by atoms with Crippen LogP contribution in [-0.2, 0) is 11.2 Å². The van der Waals surface area contributed by atoms with Gasteiger partial charge in [-0.05, 0) is 36.1 Å². The molecule has 2 aromatic rings. The summed E-state index contributed by atoms with van der Waals surface area (Å²) in [6.45, 7) is 4.66. The summed E-state index contributed by atoms with van der Waals surface area (Å²) in [6.07, 6.45) is 1.15. The van der Waals surface area contributed by atoms with Crippen molar-refractivity contribution in [3.05, 3.63) is 69.3 Å². The highest BCUT2D eigenvalue weighted by Gasteiger charge is 2.20. The van der Waals surface area contributed by atoms with Gasteiger partial charge in [-0.25, -0.2) is 8.78 Å². The van der Waals surface area contributed by atoms with E-state index in [0.717, 1.165) is 12.3 Å². The molecule has 172 valence electrons. The molecule has 1 atom stereocenters. The average Bonchev–Trinajstić information content (AvgIpc) is 2.74. The summed E-state index contributed by atoms with van der Waals surface area (Å²) in [5.74, 6) is -2.45. The molecular formula is C24H26ClF2NO4. The summed E-state index contributed by atoms with van der Waals surface area (Å²) >= 11 is 5.85. The summed E-state index contributed by atoms with van der Waals surface area (Å²) in [7, 11) is 1.34. The van der Waals surface area contributed by atoms with Gasteiger partial charge in [0.05, 0.1) is 35.9 Å². The van der Waals surface area contributed by atoms with Crippen LogP contribution in [0.2, 0.25) is 5.02 Å². The fourth-order valence-corrected chi connectivity index (χ4v) is 3.26. The Labute approximate surface area is 191 Å². The average molecular weight is 466 g/mol. The highest BCUT2D eigenvalue weighted by molar-refractivity contribution is 6.30. The summed E-state index contributed by atoms with van der Waals surface area (Å²) < 4.78 is 34.4. The van der Waals surface area contributed by atoms with E-state index >= 15 is 0 Å². The lowest BCUT2D eigenvalue weighted by Crippen LogP contribution is -2.18. The van der Waals surface area contributed by atoms with Gasteiger partial charge in [-0.3, -0.25) is 9.79 Å². The smallest absolute Gasteiger partial charge is 0.165 e. The third kappa shape index (κ3) is 5.93. The maximum atomic E-state index is 14.8.